The van der Waals surface area contributed by atoms with E-state index in [1.54, 1.807) is 179 Å². The number of allylic oxidation sites excluding steroid dienone is 1. The van der Waals surface area contributed by atoms with Crippen LogP contribution in [0.5, 0.6) is 0 Å². The van der Waals surface area contributed by atoms with Crippen LogP contribution in [0, 0.1) is 0 Å². The van der Waals surface area contributed by atoms with E-state index in [-0.39, 0.29) is 90.7 Å². The summed E-state index contributed by atoms with van der Waals surface area (Å²) >= 11 is 52.7. The van der Waals surface area contributed by atoms with Crippen LogP contribution in [-0.4, -0.2) is 147 Å². The number of aromatic nitrogens is 5. The molecule has 5 aromatic heterocycles. The number of carbonyl (C=O) groups is 9. The van der Waals surface area contributed by atoms with E-state index in [9.17, 15) is 53.4 Å². The van der Waals surface area contributed by atoms with Crippen molar-refractivity contribution in [3.05, 3.63) is 321 Å². The molecule has 5 N–H and O–H groups in total. The second kappa shape index (κ2) is 62.3. The van der Waals surface area contributed by atoms with Crippen LogP contribution in [0.2, 0.25) is 30.1 Å². The third-order valence-electron chi connectivity index (χ3n) is 16.2. The van der Waals surface area contributed by atoms with Gasteiger partial charge in [0.05, 0.1) is 31.2 Å². The number of thiocarbonyl (C=S) groups is 1. The van der Waals surface area contributed by atoms with Gasteiger partial charge in [-0.3, -0.25) is 34.1 Å². The summed E-state index contributed by atoms with van der Waals surface area (Å²) in [5.74, 6) is -6.49. The SMILES string of the molecule is C1CCOC1.CC1(C)OC(=O)C(=C(O)Cc2ccc(Cl)cc2)C(=O)O1.CCOC(=O)C(Cl)C(=O)Cc1ccc(Cl)cc1.CCOC(=O)CC(=O)Cc1ccc(Cl)cc1.CCOC(=O)c1sc(-c2ccncc2)nc1Cc1ccc(Cl)cc1.NC(=S)c1ccncc1.O=C(Cl)Cc1ccc(Cl)cc1.O=C(O)c1sc(-c2ccncc2)nc1Cc1ccc(Cl)cc1.O=S(Cl)Cl.[Li+].[OH-]. The molecule has 40 heteroatoms. The maximum atomic E-state index is 12.3. The Morgan fingerprint density at radius 3 is 1.19 bits per heavy atom. The molecule has 13 rings (SSSR count). The van der Waals surface area contributed by atoms with Gasteiger partial charge in [-0.25, -0.2) is 38.1 Å². The average molecular weight is 2040 g/mol. The van der Waals surface area contributed by atoms with Crippen LogP contribution < -0.4 is 24.6 Å². The predicted molar refractivity (Wildman–Crippen MR) is 509 cm³/mol. The first-order chi connectivity index (χ1) is 61.0. The number of Topliss-reactive ketones (excluding diaryl/α,β-unsaturated/α-hetero) is 2. The molecule has 0 saturated carbocycles. The van der Waals surface area contributed by atoms with Crippen LogP contribution in [0.4, 0.5) is 0 Å². The molecule has 6 aromatic carbocycles. The topological polar surface area (TPSA) is 387 Å². The fourth-order valence-electron chi connectivity index (χ4n) is 10.4. The summed E-state index contributed by atoms with van der Waals surface area (Å²) in [6.45, 7) is 10.9. The molecule has 0 aliphatic carbocycles. The van der Waals surface area contributed by atoms with Gasteiger partial charge in [-0.1, -0.05) is 155 Å². The first-order valence-corrected chi connectivity index (χ1v) is 46.2. The molecule has 1 atom stereocenters. The molecule has 0 radical (unpaired) electrons. The number of ketones is 2. The molecule has 7 heterocycles. The number of esters is 5. The van der Waals surface area contributed by atoms with Crippen LogP contribution in [0.15, 0.2) is 231 Å². The van der Waals surface area contributed by atoms with Gasteiger partial charge in [-0.2, -0.15) is 0 Å². The molecular formula is C90H85Cl10LiN6O19S4. The number of aliphatic hydroxyl groups is 1. The minimum absolute atomic E-state index is 0. The number of hydrogen-bond acceptors (Lipinski definition) is 26. The molecule has 0 bridgehead atoms. The van der Waals surface area contributed by atoms with Gasteiger partial charge in [-0.15, -0.1) is 34.3 Å². The number of nitrogens with two attached hydrogens (primary N) is 1. The van der Waals surface area contributed by atoms with Crippen molar-refractivity contribution in [1.29, 1.82) is 0 Å². The molecule has 0 amide bonds. The second-order valence-corrected chi connectivity index (χ2v) is 34.9. The Bertz CT molecular complexity index is 5440. The number of benzene rings is 6. The normalized spacial score (nSPS) is 11.8. The summed E-state index contributed by atoms with van der Waals surface area (Å²) in [4.78, 5) is 125. The fraction of sp³-hybridized carbons (Fsp3) is 0.233. The molecule has 1 unspecified atom stereocenters. The maximum absolute atomic E-state index is 12.3. The van der Waals surface area contributed by atoms with Crippen molar-refractivity contribution in [3.63, 3.8) is 0 Å². The zero-order chi connectivity index (χ0) is 94.3. The first kappa shape index (κ1) is 115. The Morgan fingerprint density at radius 1 is 0.515 bits per heavy atom. The van der Waals surface area contributed by atoms with E-state index in [0.29, 0.717) is 88.0 Å². The molecule has 684 valence electrons. The molecule has 2 fully saturated rings. The number of carboxylic acids is 1. The summed E-state index contributed by atoms with van der Waals surface area (Å²) < 4.78 is 38.4. The van der Waals surface area contributed by atoms with E-state index < -0.39 is 61.6 Å². The van der Waals surface area contributed by atoms with E-state index in [1.807, 2.05) is 60.7 Å². The quantitative estimate of drug-likeness (QED) is 0.00483. The summed E-state index contributed by atoms with van der Waals surface area (Å²) in [5, 5.41) is 23.0. The van der Waals surface area contributed by atoms with E-state index in [0.717, 1.165) is 62.7 Å². The first-order valence-electron chi connectivity index (χ1n) is 38.2. The number of aromatic carboxylic acids is 1. The van der Waals surface area contributed by atoms with Gasteiger partial charge in [-0.05, 0) is 188 Å². The van der Waals surface area contributed by atoms with E-state index in [4.69, 9.17) is 134 Å². The number of pyridine rings is 3. The van der Waals surface area contributed by atoms with Gasteiger partial charge in [0.15, 0.2) is 16.7 Å². The van der Waals surface area contributed by atoms with Crippen LogP contribution in [0.1, 0.15) is 124 Å². The number of carboxylic acid groups (broad SMARTS) is 1. The standard InChI is InChI=1S/C18H15ClN2O2S.C16H11ClN2O2S.C14H13ClO5.C12H12Cl2O3.C12H13ClO3.C8H6Cl2O.C6H6N2S.C4H8O.Cl2OS.Li.H2O/c1-2-23-18(22)16-15(11-12-3-5-14(19)6-4-12)21-17(24-16)13-7-9-20-10-8-13;17-12-3-1-10(2-4-12)9-13-14(16(20)21)22-15(19-13)11-5-7-18-8-6-11;1-14(2)19-12(17)11(13(18)20-14)10(16)7-8-3-5-9(15)6-4-8;1-2-17-12(16)11(14)10(15)7-8-3-5-9(13)6-4-8;1-2-16-12(15)8-11(14)7-9-3-5-10(13)6-4-9;9-7-3-1-6(2-4-7)5-8(10)11;7-6(9)5-1-3-8-4-2-5;1-2-4-5-3-1;1-4(2)3;;/h3-10H,2,11H2,1H3;1-8H,9H2,(H,20,21);3-6,16H,7H2,1-2H3;3-6,11H,2,7H2,1H3;3-6H,2,7-8H2,1H3;1-4H,5H2;1-4H,(H2,7,9);1-4H2;;;1H2/q;;;;;;;;;+1;/p-1. The summed E-state index contributed by atoms with van der Waals surface area (Å²) in [5.41, 5.74) is 14.0. The second-order valence-electron chi connectivity index (χ2n) is 26.5. The average Bonchev–Trinajstić information content (AvgIpc) is 1.80. The van der Waals surface area contributed by atoms with Gasteiger partial charge in [0.2, 0.25) is 14.5 Å². The molecular weight excluding hydrogens is 1960 g/mol. The molecule has 11 aromatic rings. The van der Waals surface area contributed by atoms with Crippen molar-refractivity contribution < 1.29 is 110 Å². The van der Waals surface area contributed by atoms with Crippen molar-refractivity contribution >= 4 is 216 Å². The maximum Gasteiger partial charge on any atom is 1.00 e. The van der Waals surface area contributed by atoms with E-state index in [1.165, 1.54) is 49.4 Å². The number of rotatable bonds is 24. The fourth-order valence-corrected chi connectivity index (χ4v) is 13.5. The van der Waals surface area contributed by atoms with E-state index in [2.05, 4.69) is 55.8 Å². The predicted octanol–water partition coefficient (Wildman–Crippen LogP) is 18.4. The largest absolute Gasteiger partial charge is 1.00 e. The molecule has 2 saturated heterocycles. The molecule has 0 spiro atoms. The number of hydrogen-bond donors (Lipinski definition) is 3. The van der Waals surface area contributed by atoms with Crippen LogP contribution in [0.25, 0.3) is 21.1 Å². The van der Waals surface area contributed by atoms with Crippen molar-refractivity contribution in [2.45, 2.75) is 104 Å². The Balaban J connectivity index is 0.000000389. The Morgan fingerprint density at radius 2 is 0.854 bits per heavy atom. The zero-order valence-electron chi connectivity index (χ0n) is 70.4. The van der Waals surface area contributed by atoms with Crippen molar-refractivity contribution in [2.24, 2.45) is 5.73 Å². The number of ether oxygens (including phenoxy) is 6. The van der Waals surface area contributed by atoms with Gasteiger partial charge < -0.3 is 49.8 Å². The summed E-state index contributed by atoms with van der Waals surface area (Å²) in [6, 6.07) is 53.2. The van der Waals surface area contributed by atoms with Crippen molar-refractivity contribution in [2.75, 3.05) is 33.0 Å². The number of aliphatic hydroxyl groups excluding tert-OH is 1. The van der Waals surface area contributed by atoms with Crippen LogP contribution >= 0.6 is 149 Å². The number of halogens is 10. The number of carbonyl (C=O) groups excluding carboxylic acids is 8. The van der Waals surface area contributed by atoms with E-state index >= 15 is 0 Å². The van der Waals surface area contributed by atoms with Gasteiger partial charge in [0, 0.05) is 171 Å². The van der Waals surface area contributed by atoms with Crippen molar-refractivity contribution in [3.8, 4) is 21.1 Å². The monoisotopic (exact) mass is 2040 g/mol. The van der Waals surface area contributed by atoms with Gasteiger partial charge in [0.25, 0.3) is 5.79 Å². The van der Waals surface area contributed by atoms with Crippen LogP contribution in [-0.2, 0) is 110 Å². The third kappa shape index (κ3) is 45.3. The zero-order valence-corrected chi connectivity index (χ0v) is 81.2. The summed E-state index contributed by atoms with van der Waals surface area (Å²) in [7, 11) is 7.36. The molecule has 130 heavy (non-hydrogen) atoms. The number of thiazole rings is 2. The van der Waals surface area contributed by atoms with Gasteiger partial charge in [0.1, 0.15) is 42.7 Å². The van der Waals surface area contributed by atoms with Crippen molar-refractivity contribution in [1.82, 2.24) is 24.9 Å². The minimum atomic E-state index is -1.67. The minimum Gasteiger partial charge on any atom is -0.870 e. The number of alkyl halides is 1. The Kier molecular flexibility index (Phi) is 55.1. The Labute approximate surface area is 827 Å². The third-order valence-corrected chi connectivity index (χ3v) is 20.8. The molecule has 2 aliphatic heterocycles. The molecule has 25 nitrogen and oxygen atoms in total. The number of nitrogens with zero attached hydrogens (tertiary/aromatic N) is 5. The van der Waals surface area contributed by atoms with Gasteiger partial charge >= 0.3 is 54.7 Å². The smallest absolute Gasteiger partial charge is 0.870 e. The Hall–Kier alpha value is -9.14. The number of cyclic esters (lactones) is 2. The molecule has 2 aliphatic rings. The summed E-state index contributed by atoms with van der Waals surface area (Å²) in [6.07, 6.45) is 14.0. The van der Waals surface area contributed by atoms with Crippen LogP contribution in [0.3, 0.4) is 0 Å².